The van der Waals surface area contributed by atoms with Crippen molar-refractivity contribution < 1.29 is 14.7 Å². The topological polar surface area (TPSA) is 110 Å². The number of rotatable bonds is 8. The van der Waals surface area contributed by atoms with Crippen molar-refractivity contribution in [3.05, 3.63) is 59.2 Å². The lowest BCUT2D eigenvalue weighted by atomic mass is 9.77. The Balaban J connectivity index is 2.07. The minimum Gasteiger partial charge on any atom is -0.478 e. The first-order valence-electron chi connectivity index (χ1n) is 10.7. The van der Waals surface area contributed by atoms with Gasteiger partial charge < -0.3 is 21.5 Å². The molecule has 1 aliphatic heterocycles. The molecule has 1 heterocycles. The number of hydrogen-bond donors (Lipinski definition) is 3. The number of primary amides is 1. The van der Waals surface area contributed by atoms with Crippen LogP contribution in [0.15, 0.2) is 42.5 Å². The van der Waals surface area contributed by atoms with Gasteiger partial charge in [-0.3, -0.25) is 4.79 Å². The SMILES string of the molecule is CCCC(c1cc(N)ccc1N1CCCCC1)C(C(N)=O)c1ccc(C(=O)O)cc1. The van der Waals surface area contributed by atoms with Gasteiger partial charge in [0.2, 0.25) is 5.91 Å². The van der Waals surface area contributed by atoms with Gasteiger partial charge in [0.25, 0.3) is 0 Å². The summed E-state index contributed by atoms with van der Waals surface area (Å²) in [4.78, 5) is 26.2. The molecule has 0 bridgehead atoms. The fraction of sp³-hybridized carbons (Fsp3) is 0.417. The summed E-state index contributed by atoms with van der Waals surface area (Å²) in [5.41, 5.74) is 15.8. The van der Waals surface area contributed by atoms with Gasteiger partial charge in [-0.2, -0.15) is 0 Å². The third-order valence-electron chi connectivity index (χ3n) is 5.97. The quantitative estimate of drug-likeness (QED) is 0.568. The number of carbonyl (C=O) groups is 2. The highest BCUT2D eigenvalue weighted by atomic mass is 16.4. The second-order valence-electron chi connectivity index (χ2n) is 8.07. The van der Waals surface area contributed by atoms with Crippen LogP contribution in [0, 0.1) is 0 Å². The van der Waals surface area contributed by atoms with E-state index in [1.165, 1.54) is 18.6 Å². The first kappa shape index (κ1) is 21.7. The summed E-state index contributed by atoms with van der Waals surface area (Å²) < 4.78 is 0. The number of nitrogen functional groups attached to an aromatic ring is 1. The standard InChI is InChI=1S/C24H31N3O3/c1-2-6-19(22(23(26)28)16-7-9-17(10-8-16)24(29)30)20-15-18(25)11-12-21(20)27-13-4-3-5-14-27/h7-12,15,19,22H,2-6,13-14,25H2,1H3,(H2,26,28)(H,29,30). The second kappa shape index (κ2) is 9.65. The molecule has 2 atom stereocenters. The van der Waals surface area contributed by atoms with Crippen LogP contribution in [0.2, 0.25) is 0 Å². The number of anilines is 2. The molecular formula is C24H31N3O3. The van der Waals surface area contributed by atoms with E-state index in [0.29, 0.717) is 5.69 Å². The molecule has 0 radical (unpaired) electrons. The van der Waals surface area contributed by atoms with Crippen LogP contribution in [0.25, 0.3) is 0 Å². The van der Waals surface area contributed by atoms with E-state index in [4.69, 9.17) is 11.5 Å². The van der Waals surface area contributed by atoms with Gasteiger partial charge in [-0.25, -0.2) is 4.79 Å². The molecular weight excluding hydrogens is 378 g/mol. The van der Waals surface area contributed by atoms with Gasteiger partial charge in [0.15, 0.2) is 0 Å². The summed E-state index contributed by atoms with van der Waals surface area (Å²) in [6.45, 7) is 4.07. The van der Waals surface area contributed by atoms with Crippen molar-refractivity contribution in [2.75, 3.05) is 23.7 Å². The number of benzene rings is 2. The molecule has 1 saturated heterocycles. The van der Waals surface area contributed by atoms with Crippen molar-refractivity contribution in [1.29, 1.82) is 0 Å². The fourth-order valence-electron chi connectivity index (χ4n) is 4.53. The van der Waals surface area contributed by atoms with Crippen molar-refractivity contribution >= 4 is 23.3 Å². The predicted molar refractivity (Wildman–Crippen MR) is 120 cm³/mol. The van der Waals surface area contributed by atoms with E-state index in [9.17, 15) is 14.7 Å². The van der Waals surface area contributed by atoms with Crippen LogP contribution in [0.4, 0.5) is 11.4 Å². The normalized spacial score (nSPS) is 16.1. The molecule has 160 valence electrons. The number of nitrogens with zero attached hydrogens (tertiary/aromatic N) is 1. The van der Waals surface area contributed by atoms with Crippen LogP contribution in [0.3, 0.4) is 0 Å². The molecule has 1 fully saturated rings. The summed E-state index contributed by atoms with van der Waals surface area (Å²) in [7, 11) is 0. The summed E-state index contributed by atoms with van der Waals surface area (Å²) in [6.07, 6.45) is 5.20. The summed E-state index contributed by atoms with van der Waals surface area (Å²) in [6, 6.07) is 12.4. The summed E-state index contributed by atoms with van der Waals surface area (Å²) in [5, 5.41) is 9.20. The maximum absolute atomic E-state index is 12.6. The molecule has 2 aromatic rings. The Morgan fingerprint density at radius 1 is 1.07 bits per heavy atom. The van der Waals surface area contributed by atoms with Crippen molar-refractivity contribution in [2.24, 2.45) is 5.73 Å². The number of amides is 1. The highest BCUT2D eigenvalue weighted by Gasteiger charge is 2.32. The van der Waals surface area contributed by atoms with Gasteiger partial charge in [0.1, 0.15) is 0 Å². The van der Waals surface area contributed by atoms with Crippen LogP contribution in [0.1, 0.15) is 72.3 Å². The molecule has 0 spiro atoms. The molecule has 3 rings (SSSR count). The third kappa shape index (κ3) is 4.75. The van der Waals surface area contributed by atoms with E-state index in [1.807, 2.05) is 12.1 Å². The van der Waals surface area contributed by atoms with Crippen LogP contribution in [-0.2, 0) is 4.79 Å². The van der Waals surface area contributed by atoms with E-state index in [-0.39, 0.29) is 11.5 Å². The maximum atomic E-state index is 12.6. The highest BCUT2D eigenvalue weighted by molar-refractivity contribution is 5.88. The first-order valence-corrected chi connectivity index (χ1v) is 10.7. The van der Waals surface area contributed by atoms with Gasteiger partial charge >= 0.3 is 5.97 Å². The number of carbonyl (C=O) groups excluding carboxylic acids is 1. The minimum atomic E-state index is -0.995. The van der Waals surface area contributed by atoms with Gasteiger partial charge in [-0.05, 0) is 67.1 Å². The number of piperidine rings is 1. The van der Waals surface area contributed by atoms with Gasteiger partial charge in [0.05, 0.1) is 11.5 Å². The summed E-state index contributed by atoms with van der Waals surface area (Å²) >= 11 is 0. The second-order valence-corrected chi connectivity index (χ2v) is 8.07. The Morgan fingerprint density at radius 3 is 2.30 bits per heavy atom. The Bertz CT molecular complexity index is 889. The van der Waals surface area contributed by atoms with Crippen molar-refractivity contribution in [2.45, 2.75) is 50.9 Å². The molecule has 5 N–H and O–H groups in total. The van der Waals surface area contributed by atoms with Crippen LogP contribution in [0.5, 0.6) is 0 Å². The molecule has 0 aliphatic carbocycles. The Morgan fingerprint density at radius 2 is 1.73 bits per heavy atom. The molecule has 0 saturated carbocycles. The van der Waals surface area contributed by atoms with E-state index >= 15 is 0 Å². The molecule has 6 heteroatoms. The van der Waals surface area contributed by atoms with E-state index in [1.54, 1.807) is 12.1 Å². The van der Waals surface area contributed by atoms with Gasteiger partial charge in [-0.1, -0.05) is 25.5 Å². The lowest BCUT2D eigenvalue weighted by Crippen LogP contribution is -2.32. The highest BCUT2D eigenvalue weighted by Crippen LogP contribution is 2.42. The average Bonchev–Trinajstić information content (AvgIpc) is 2.74. The van der Waals surface area contributed by atoms with Crippen molar-refractivity contribution in [3.8, 4) is 0 Å². The van der Waals surface area contributed by atoms with Crippen molar-refractivity contribution in [1.82, 2.24) is 0 Å². The zero-order valence-electron chi connectivity index (χ0n) is 17.5. The van der Waals surface area contributed by atoms with Crippen LogP contribution in [-0.4, -0.2) is 30.1 Å². The number of carboxylic acid groups (broad SMARTS) is 1. The molecule has 0 aromatic heterocycles. The van der Waals surface area contributed by atoms with E-state index < -0.39 is 17.8 Å². The Labute approximate surface area is 177 Å². The maximum Gasteiger partial charge on any atom is 0.335 e. The third-order valence-corrected chi connectivity index (χ3v) is 5.97. The minimum absolute atomic E-state index is 0.136. The number of carboxylic acids is 1. The molecule has 2 aromatic carbocycles. The van der Waals surface area contributed by atoms with Gasteiger partial charge in [0, 0.05) is 30.4 Å². The Kier molecular flexibility index (Phi) is 6.98. The fourth-order valence-corrected chi connectivity index (χ4v) is 4.53. The van der Waals surface area contributed by atoms with Crippen LogP contribution < -0.4 is 16.4 Å². The monoisotopic (exact) mass is 409 g/mol. The lowest BCUT2D eigenvalue weighted by Gasteiger charge is -2.34. The number of aromatic carboxylic acids is 1. The lowest BCUT2D eigenvalue weighted by molar-refractivity contribution is -0.120. The van der Waals surface area contributed by atoms with Gasteiger partial charge in [-0.15, -0.1) is 0 Å². The Hall–Kier alpha value is -3.02. The van der Waals surface area contributed by atoms with E-state index in [2.05, 4.69) is 17.9 Å². The summed E-state index contributed by atoms with van der Waals surface area (Å²) in [5.74, 6) is -2.10. The zero-order chi connectivity index (χ0) is 21.7. The van der Waals surface area contributed by atoms with Crippen LogP contribution >= 0.6 is 0 Å². The largest absolute Gasteiger partial charge is 0.478 e. The number of nitrogens with two attached hydrogens (primary N) is 2. The van der Waals surface area contributed by atoms with Crippen molar-refractivity contribution in [3.63, 3.8) is 0 Å². The smallest absolute Gasteiger partial charge is 0.335 e. The predicted octanol–water partition coefficient (Wildman–Crippen LogP) is 4.11. The first-order chi connectivity index (χ1) is 14.4. The van der Waals surface area contributed by atoms with E-state index in [0.717, 1.165) is 55.6 Å². The molecule has 2 unspecified atom stereocenters. The average molecular weight is 410 g/mol. The number of hydrogen-bond acceptors (Lipinski definition) is 4. The molecule has 30 heavy (non-hydrogen) atoms. The zero-order valence-corrected chi connectivity index (χ0v) is 17.5. The molecule has 1 aliphatic rings. The molecule has 6 nitrogen and oxygen atoms in total. The molecule has 1 amide bonds.